The molecule has 0 aromatic carbocycles. The van der Waals surface area contributed by atoms with E-state index in [4.69, 9.17) is 0 Å². The van der Waals surface area contributed by atoms with Crippen LogP contribution < -0.4 is 0 Å². The fourth-order valence-corrected chi connectivity index (χ4v) is 1.17. The monoisotopic (exact) mass is 189 g/mol. The molecule has 12 heavy (non-hydrogen) atoms. The molecule has 0 aliphatic carbocycles. The highest BCUT2D eigenvalue weighted by Gasteiger charge is 2.04. The lowest BCUT2D eigenvalue weighted by atomic mass is 10.2. The molecule has 0 saturated heterocycles. The van der Waals surface area contributed by atoms with Gasteiger partial charge >= 0.3 is 0 Å². The van der Waals surface area contributed by atoms with E-state index in [1.807, 2.05) is 6.26 Å². The van der Waals surface area contributed by atoms with E-state index in [0.29, 0.717) is 5.25 Å². The van der Waals surface area contributed by atoms with Gasteiger partial charge in [-0.1, -0.05) is 0 Å². The summed E-state index contributed by atoms with van der Waals surface area (Å²) in [5, 5.41) is 0.338. The first kappa shape index (κ1) is 11.7. The number of aliphatic imine (C=N–C) groups is 1. The molecule has 0 aromatic heterocycles. The minimum absolute atomic E-state index is 0.338. The molecule has 1 nitrogen and oxygen atoms in total. The first-order chi connectivity index (χ1) is 5.61. The first-order valence-electron chi connectivity index (χ1n) is 3.93. The van der Waals surface area contributed by atoms with E-state index < -0.39 is 6.17 Å². The largest absolute Gasteiger partial charge is 0.292 e. The maximum absolute atomic E-state index is 12.4. The third kappa shape index (κ3) is 4.54. The molecule has 0 aliphatic rings. The molecular formula is C9H16FNS. The van der Waals surface area contributed by atoms with Gasteiger partial charge in [-0.2, -0.15) is 11.8 Å². The summed E-state index contributed by atoms with van der Waals surface area (Å²) in [7, 11) is 1.73. The zero-order chi connectivity index (χ0) is 9.56. The average molecular weight is 189 g/mol. The quantitative estimate of drug-likeness (QED) is 0.619. The molecule has 0 N–H and O–H groups in total. The van der Waals surface area contributed by atoms with Crippen molar-refractivity contribution in [1.29, 1.82) is 0 Å². The zero-order valence-corrected chi connectivity index (χ0v) is 8.86. The highest BCUT2D eigenvalue weighted by Crippen LogP contribution is 2.08. The normalized spacial score (nSPS) is 18.2. The lowest BCUT2D eigenvalue weighted by Gasteiger charge is -2.07. The van der Waals surface area contributed by atoms with Crippen molar-refractivity contribution in [2.24, 2.45) is 4.99 Å². The van der Waals surface area contributed by atoms with E-state index in [9.17, 15) is 4.39 Å². The number of nitrogens with zero attached hydrogens (tertiary/aromatic N) is 1. The number of thioether (sulfide) groups is 1. The van der Waals surface area contributed by atoms with Crippen LogP contribution in [0, 0.1) is 0 Å². The Bertz CT molecular complexity index is 175. The first-order valence-corrected chi connectivity index (χ1v) is 5.22. The van der Waals surface area contributed by atoms with E-state index in [1.54, 1.807) is 24.9 Å². The van der Waals surface area contributed by atoms with Crippen molar-refractivity contribution in [1.82, 2.24) is 0 Å². The van der Waals surface area contributed by atoms with Gasteiger partial charge in [0.15, 0.2) is 0 Å². The van der Waals surface area contributed by atoms with Crippen molar-refractivity contribution in [2.45, 2.75) is 25.3 Å². The van der Waals surface area contributed by atoms with Crippen molar-refractivity contribution >= 4 is 17.5 Å². The Kier molecular flexibility index (Phi) is 6.07. The summed E-state index contributed by atoms with van der Waals surface area (Å²) < 4.78 is 12.4. The maximum Gasteiger partial charge on any atom is 0.116 e. The summed E-state index contributed by atoms with van der Waals surface area (Å²) in [6.07, 6.45) is 4.40. The fraction of sp³-hybridized carbons (Fsp3) is 0.667. The standard InChI is InChI=1S/C9H16FNS/c1-7(10)5-6-9(11-3)8(2)12-4/h5-8H,1-4H3. The Morgan fingerprint density at radius 2 is 2.08 bits per heavy atom. The molecule has 0 aliphatic heterocycles. The number of allylic oxidation sites excluding steroid dienone is 2. The van der Waals surface area contributed by atoms with Crippen molar-refractivity contribution < 1.29 is 4.39 Å². The van der Waals surface area contributed by atoms with Crippen LogP contribution in [0.1, 0.15) is 13.8 Å². The van der Waals surface area contributed by atoms with Crippen LogP contribution in [0.25, 0.3) is 0 Å². The van der Waals surface area contributed by atoms with Crippen molar-refractivity contribution in [3.63, 3.8) is 0 Å². The van der Waals surface area contributed by atoms with E-state index >= 15 is 0 Å². The Labute approximate surface area is 78.2 Å². The molecule has 2 atom stereocenters. The molecule has 0 amide bonds. The molecule has 3 heteroatoms. The van der Waals surface area contributed by atoms with Crippen LogP contribution in [0.2, 0.25) is 0 Å². The predicted octanol–water partition coefficient (Wildman–Crippen LogP) is 2.72. The van der Waals surface area contributed by atoms with Gasteiger partial charge in [0, 0.05) is 18.0 Å². The lowest BCUT2D eigenvalue weighted by Crippen LogP contribution is -2.10. The maximum atomic E-state index is 12.4. The minimum atomic E-state index is -0.893. The van der Waals surface area contributed by atoms with Crippen LogP contribution in [-0.2, 0) is 0 Å². The lowest BCUT2D eigenvalue weighted by molar-refractivity contribution is 0.431. The van der Waals surface area contributed by atoms with Gasteiger partial charge in [-0.05, 0) is 32.3 Å². The van der Waals surface area contributed by atoms with Gasteiger partial charge in [-0.25, -0.2) is 4.39 Å². The van der Waals surface area contributed by atoms with Gasteiger partial charge in [0.1, 0.15) is 6.17 Å². The summed E-state index contributed by atoms with van der Waals surface area (Å²) >= 11 is 1.70. The van der Waals surface area contributed by atoms with Crippen LogP contribution in [0.5, 0.6) is 0 Å². The van der Waals surface area contributed by atoms with Crippen LogP contribution in [-0.4, -0.2) is 30.4 Å². The minimum Gasteiger partial charge on any atom is -0.292 e. The van der Waals surface area contributed by atoms with E-state index in [-0.39, 0.29) is 0 Å². The number of halogens is 1. The third-order valence-electron chi connectivity index (χ3n) is 1.56. The molecule has 0 radical (unpaired) electrons. The zero-order valence-electron chi connectivity index (χ0n) is 8.04. The van der Waals surface area contributed by atoms with E-state index in [0.717, 1.165) is 5.71 Å². The summed E-state index contributed by atoms with van der Waals surface area (Å²) in [6, 6.07) is 0. The number of hydrogen-bond donors (Lipinski definition) is 0. The fourth-order valence-electron chi connectivity index (χ4n) is 0.744. The van der Waals surface area contributed by atoms with Crippen LogP contribution in [0.15, 0.2) is 17.1 Å². The summed E-state index contributed by atoms with van der Waals surface area (Å²) in [5.74, 6) is 0. The molecular weight excluding hydrogens is 173 g/mol. The Morgan fingerprint density at radius 3 is 2.42 bits per heavy atom. The van der Waals surface area contributed by atoms with E-state index in [1.165, 1.54) is 13.0 Å². The average Bonchev–Trinajstić information content (AvgIpc) is 2.04. The van der Waals surface area contributed by atoms with Crippen LogP contribution in [0.3, 0.4) is 0 Å². The van der Waals surface area contributed by atoms with Crippen molar-refractivity contribution in [2.75, 3.05) is 13.3 Å². The van der Waals surface area contributed by atoms with Gasteiger partial charge in [-0.15, -0.1) is 0 Å². The van der Waals surface area contributed by atoms with E-state index in [2.05, 4.69) is 11.9 Å². The smallest absolute Gasteiger partial charge is 0.116 e. The summed E-state index contributed by atoms with van der Waals surface area (Å²) in [5.41, 5.74) is 0.937. The second-order valence-corrected chi connectivity index (χ2v) is 3.74. The number of alkyl halides is 1. The van der Waals surface area contributed by atoms with Gasteiger partial charge in [0.05, 0.1) is 0 Å². The molecule has 0 heterocycles. The second kappa shape index (κ2) is 6.23. The summed E-state index contributed by atoms with van der Waals surface area (Å²) in [4.78, 5) is 4.07. The number of rotatable bonds is 4. The molecule has 0 fully saturated rings. The Hall–Kier alpha value is -0.310. The highest BCUT2D eigenvalue weighted by atomic mass is 32.2. The molecule has 70 valence electrons. The topological polar surface area (TPSA) is 12.4 Å². The molecule has 0 bridgehead atoms. The summed E-state index contributed by atoms with van der Waals surface area (Å²) in [6.45, 7) is 3.56. The third-order valence-corrected chi connectivity index (χ3v) is 2.51. The Morgan fingerprint density at radius 1 is 1.50 bits per heavy atom. The van der Waals surface area contributed by atoms with Crippen molar-refractivity contribution in [3.05, 3.63) is 12.2 Å². The van der Waals surface area contributed by atoms with Gasteiger partial charge in [-0.3, -0.25) is 4.99 Å². The predicted molar refractivity (Wildman–Crippen MR) is 56.0 cm³/mol. The van der Waals surface area contributed by atoms with Crippen LogP contribution >= 0.6 is 11.8 Å². The molecule has 2 unspecified atom stereocenters. The molecule has 0 rings (SSSR count). The van der Waals surface area contributed by atoms with Gasteiger partial charge in [0.2, 0.25) is 0 Å². The second-order valence-electron chi connectivity index (χ2n) is 2.56. The highest BCUT2D eigenvalue weighted by molar-refractivity contribution is 7.99. The van der Waals surface area contributed by atoms with Crippen LogP contribution in [0.4, 0.5) is 4.39 Å². The number of hydrogen-bond acceptors (Lipinski definition) is 2. The SMILES string of the molecule is CN=C(C=CC(C)F)C(C)SC. The van der Waals surface area contributed by atoms with Gasteiger partial charge in [0.25, 0.3) is 0 Å². The molecule has 0 saturated carbocycles. The van der Waals surface area contributed by atoms with Gasteiger partial charge < -0.3 is 0 Å². The van der Waals surface area contributed by atoms with Crippen molar-refractivity contribution in [3.8, 4) is 0 Å². The molecule has 0 spiro atoms. The Balaban J connectivity index is 4.19. The molecule has 0 aromatic rings.